The van der Waals surface area contributed by atoms with Crippen molar-refractivity contribution in [3.8, 4) is 5.95 Å². The maximum atomic E-state index is 5.97. The first kappa shape index (κ1) is 14.3. The van der Waals surface area contributed by atoms with Gasteiger partial charge in [-0.15, -0.1) is 0 Å². The van der Waals surface area contributed by atoms with E-state index in [2.05, 4.69) is 32.2 Å². The molecule has 2 aromatic heterocycles. The molecular weight excluding hydrogens is 288 g/mol. The Kier molecular flexibility index (Phi) is 4.34. The van der Waals surface area contributed by atoms with Gasteiger partial charge >= 0.3 is 0 Å². The number of nitrogens with one attached hydrogen (secondary N) is 1. The lowest BCUT2D eigenvalue weighted by Crippen LogP contribution is -2.21. The van der Waals surface area contributed by atoms with Crippen LogP contribution in [-0.2, 0) is 0 Å². The first-order valence-electron chi connectivity index (χ1n) is 7.34. The highest BCUT2D eigenvalue weighted by Crippen LogP contribution is 2.28. The van der Waals surface area contributed by atoms with Crippen LogP contribution >= 0.6 is 11.6 Å². The second-order valence-electron chi connectivity index (χ2n) is 5.70. The molecule has 2 aromatic rings. The van der Waals surface area contributed by atoms with E-state index in [1.54, 1.807) is 23.3 Å². The summed E-state index contributed by atoms with van der Waals surface area (Å²) in [4.78, 5) is 16.6. The SMILES string of the molecule is CC1CCC(CNc2nc(Cl)nc(-n3ccnc3)n2)CC1. The van der Waals surface area contributed by atoms with Crippen molar-refractivity contribution in [3.05, 3.63) is 24.0 Å². The lowest BCUT2D eigenvalue weighted by Gasteiger charge is -2.26. The number of hydrogen-bond acceptors (Lipinski definition) is 5. The Bertz CT molecular complexity index is 577. The highest BCUT2D eigenvalue weighted by molar-refractivity contribution is 6.28. The fourth-order valence-corrected chi connectivity index (χ4v) is 2.84. The molecule has 1 saturated carbocycles. The molecule has 0 aliphatic heterocycles. The summed E-state index contributed by atoms with van der Waals surface area (Å²) in [6, 6.07) is 0. The third kappa shape index (κ3) is 3.69. The first-order chi connectivity index (χ1) is 10.2. The predicted molar refractivity (Wildman–Crippen MR) is 81.6 cm³/mol. The highest BCUT2D eigenvalue weighted by atomic mass is 35.5. The van der Waals surface area contributed by atoms with Crippen molar-refractivity contribution in [3.63, 3.8) is 0 Å². The van der Waals surface area contributed by atoms with Crippen LogP contribution in [0.3, 0.4) is 0 Å². The van der Waals surface area contributed by atoms with Crippen LogP contribution in [0.5, 0.6) is 0 Å². The Morgan fingerprint density at radius 2 is 2.05 bits per heavy atom. The van der Waals surface area contributed by atoms with Crippen molar-refractivity contribution < 1.29 is 0 Å². The maximum Gasteiger partial charge on any atom is 0.241 e. The molecule has 0 aromatic carbocycles. The second kappa shape index (κ2) is 6.39. The molecule has 21 heavy (non-hydrogen) atoms. The number of hydrogen-bond donors (Lipinski definition) is 1. The van der Waals surface area contributed by atoms with E-state index >= 15 is 0 Å². The average molecular weight is 307 g/mol. The zero-order chi connectivity index (χ0) is 14.7. The van der Waals surface area contributed by atoms with Crippen molar-refractivity contribution in [2.45, 2.75) is 32.6 Å². The average Bonchev–Trinajstić information content (AvgIpc) is 3.00. The van der Waals surface area contributed by atoms with Crippen LogP contribution < -0.4 is 5.32 Å². The van der Waals surface area contributed by atoms with Crippen molar-refractivity contribution in [2.75, 3.05) is 11.9 Å². The minimum absolute atomic E-state index is 0.188. The third-order valence-electron chi connectivity index (χ3n) is 4.02. The number of aromatic nitrogens is 5. The molecule has 0 saturated heterocycles. The van der Waals surface area contributed by atoms with Crippen LogP contribution in [-0.4, -0.2) is 31.0 Å². The fraction of sp³-hybridized carbons (Fsp3) is 0.571. The maximum absolute atomic E-state index is 5.97. The predicted octanol–water partition coefficient (Wildman–Crippen LogP) is 2.95. The van der Waals surface area contributed by atoms with Gasteiger partial charge in [-0.3, -0.25) is 4.57 Å². The zero-order valence-electron chi connectivity index (χ0n) is 12.0. The van der Waals surface area contributed by atoms with Crippen LogP contribution in [0.2, 0.25) is 5.28 Å². The van der Waals surface area contributed by atoms with Crippen LogP contribution in [0, 0.1) is 11.8 Å². The van der Waals surface area contributed by atoms with Gasteiger partial charge < -0.3 is 5.32 Å². The van der Waals surface area contributed by atoms with Gasteiger partial charge in [0, 0.05) is 18.9 Å². The monoisotopic (exact) mass is 306 g/mol. The molecule has 0 spiro atoms. The van der Waals surface area contributed by atoms with Gasteiger partial charge in [-0.05, 0) is 36.3 Å². The van der Waals surface area contributed by atoms with E-state index < -0.39 is 0 Å². The number of anilines is 1. The van der Waals surface area contributed by atoms with Crippen molar-refractivity contribution in [2.24, 2.45) is 11.8 Å². The summed E-state index contributed by atoms with van der Waals surface area (Å²) in [5.41, 5.74) is 0. The van der Waals surface area contributed by atoms with E-state index in [1.165, 1.54) is 25.7 Å². The molecule has 2 heterocycles. The van der Waals surface area contributed by atoms with Crippen LogP contribution in [0.4, 0.5) is 5.95 Å². The van der Waals surface area contributed by atoms with Gasteiger partial charge in [0.25, 0.3) is 0 Å². The summed E-state index contributed by atoms with van der Waals surface area (Å²) >= 11 is 5.97. The minimum Gasteiger partial charge on any atom is -0.354 e. The summed E-state index contributed by atoms with van der Waals surface area (Å²) < 4.78 is 1.71. The Balaban J connectivity index is 1.65. The highest BCUT2D eigenvalue weighted by Gasteiger charge is 2.18. The van der Waals surface area contributed by atoms with Gasteiger partial charge in [-0.25, -0.2) is 4.98 Å². The normalized spacial score (nSPS) is 22.2. The van der Waals surface area contributed by atoms with Crippen LogP contribution in [0.15, 0.2) is 18.7 Å². The number of nitrogens with zero attached hydrogens (tertiary/aromatic N) is 5. The third-order valence-corrected chi connectivity index (χ3v) is 4.18. The molecule has 1 fully saturated rings. The van der Waals surface area contributed by atoms with E-state index in [0.717, 1.165) is 12.5 Å². The van der Waals surface area contributed by atoms with Gasteiger partial charge in [-0.2, -0.15) is 15.0 Å². The van der Waals surface area contributed by atoms with Gasteiger partial charge in [0.15, 0.2) is 0 Å². The topological polar surface area (TPSA) is 68.5 Å². The molecule has 0 bridgehead atoms. The van der Waals surface area contributed by atoms with E-state index in [-0.39, 0.29) is 5.28 Å². The van der Waals surface area contributed by atoms with Crippen LogP contribution in [0.1, 0.15) is 32.6 Å². The largest absolute Gasteiger partial charge is 0.354 e. The molecule has 0 radical (unpaired) electrons. The molecule has 1 N–H and O–H groups in total. The summed E-state index contributed by atoms with van der Waals surface area (Å²) in [7, 11) is 0. The molecule has 0 amide bonds. The smallest absolute Gasteiger partial charge is 0.241 e. The van der Waals surface area contributed by atoms with Crippen LogP contribution in [0.25, 0.3) is 5.95 Å². The molecular formula is C14H19ClN6. The van der Waals surface area contributed by atoms with E-state index in [1.807, 2.05) is 0 Å². The number of imidazole rings is 1. The summed E-state index contributed by atoms with van der Waals surface area (Å²) in [6.07, 6.45) is 10.2. The number of halogens is 1. The van der Waals surface area contributed by atoms with E-state index in [0.29, 0.717) is 17.8 Å². The van der Waals surface area contributed by atoms with Gasteiger partial charge in [-0.1, -0.05) is 19.8 Å². The quantitative estimate of drug-likeness (QED) is 0.940. The summed E-state index contributed by atoms with van der Waals surface area (Å²) in [5.74, 6) is 2.55. The molecule has 112 valence electrons. The molecule has 3 rings (SSSR count). The molecule has 0 atom stereocenters. The Morgan fingerprint density at radius 1 is 1.24 bits per heavy atom. The first-order valence-corrected chi connectivity index (χ1v) is 7.72. The molecule has 7 heteroatoms. The summed E-state index contributed by atoms with van der Waals surface area (Å²) in [5, 5.41) is 3.48. The van der Waals surface area contributed by atoms with E-state index in [9.17, 15) is 0 Å². The number of rotatable bonds is 4. The van der Waals surface area contributed by atoms with E-state index in [4.69, 9.17) is 11.6 Å². The molecule has 0 unspecified atom stereocenters. The molecule has 1 aliphatic rings. The van der Waals surface area contributed by atoms with Gasteiger partial charge in [0.2, 0.25) is 17.2 Å². The second-order valence-corrected chi connectivity index (χ2v) is 6.04. The minimum atomic E-state index is 0.188. The zero-order valence-corrected chi connectivity index (χ0v) is 12.8. The van der Waals surface area contributed by atoms with Crippen molar-refractivity contribution >= 4 is 17.5 Å². The molecule has 6 nitrogen and oxygen atoms in total. The van der Waals surface area contributed by atoms with Crippen molar-refractivity contribution in [1.29, 1.82) is 0 Å². The Labute approximate surface area is 129 Å². The van der Waals surface area contributed by atoms with Gasteiger partial charge in [0.1, 0.15) is 6.33 Å². The Hall–Kier alpha value is -1.69. The summed E-state index contributed by atoms with van der Waals surface area (Å²) in [6.45, 7) is 3.21. The lowest BCUT2D eigenvalue weighted by atomic mass is 9.83. The standard InChI is InChI=1S/C14H19ClN6/c1-10-2-4-11(5-3-10)8-17-13-18-12(15)19-14(20-13)21-7-6-16-9-21/h6-7,9-11H,2-5,8H2,1H3,(H,17,18,19,20). The fourth-order valence-electron chi connectivity index (χ4n) is 2.68. The molecule has 1 aliphatic carbocycles. The van der Waals surface area contributed by atoms with Gasteiger partial charge in [0.05, 0.1) is 0 Å². The lowest BCUT2D eigenvalue weighted by molar-refractivity contribution is 0.300. The Morgan fingerprint density at radius 3 is 2.76 bits per heavy atom. The van der Waals surface area contributed by atoms with Crippen molar-refractivity contribution in [1.82, 2.24) is 24.5 Å².